The van der Waals surface area contributed by atoms with Crippen molar-refractivity contribution in [3.8, 4) is 0 Å². The Morgan fingerprint density at radius 1 is 1.41 bits per heavy atom. The second-order valence-corrected chi connectivity index (χ2v) is 6.08. The van der Waals surface area contributed by atoms with Gasteiger partial charge in [-0.1, -0.05) is 28.1 Å². The summed E-state index contributed by atoms with van der Waals surface area (Å²) in [6, 6.07) is 6.03. The van der Waals surface area contributed by atoms with Crippen molar-refractivity contribution in [2.75, 3.05) is 11.9 Å². The fourth-order valence-electron chi connectivity index (χ4n) is 1.24. The molecule has 0 fully saturated rings. The number of ketones is 1. The lowest BCUT2D eigenvalue weighted by molar-refractivity contribution is 0.101. The van der Waals surface area contributed by atoms with Gasteiger partial charge in [0.2, 0.25) is 10.0 Å². The van der Waals surface area contributed by atoms with Gasteiger partial charge in [0.25, 0.3) is 0 Å². The van der Waals surface area contributed by atoms with Gasteiger partial charge in [-0.15, -0.1) is 0 Å². The summed E-state index contributed by atoms with van der Waals surface area (Å²) in [6.45, 7) is 1.78. The molecule has 0 atom stereocenters. The van der Waals surface area contributed by atoms with Crippen LogP contribution in [0.4, 0.5) is 0 Å². The number of rotatable bonds is 6. The van der Waals surface area contributed by atoms with Crippen molar-refractivity contribution < 1.29 is 13.2 Å². The van der Waals surface area contributed by atoms with Gasteiger partial charge in [-0.3, -0.25) is 4.79 Å². The van der Waals surface area contributed by atoms with E-state index in [4.69, 9.17) is 0 Å². The summed E-state index contributed by atoms with van der Waals surface area (Å²) in [4.78, 5) is 11.3. The Kier molecular flexibility index (Phi) is 5.30. The number of carbonyl (C=O) groups excluding carboxylic acids is 1. The number of benzene rings is 1. The fraction of sp³-hybridized carbons (Fsp3) is 0.364. The zero-order valence-corrected chi connectivity index (χ0v) is 11.8. The molecular formula is C11H14BrNO3S. The molecule has 0 aliphatic rings. The van der Waals surface area contributed by atoms with Crippen molar-refractivity contribution in [1.82, 2.24) is 4.72 Å². The first-order valence-corrected chi connectivity index (χ1v) is 7.74. The molecule has 0 unspecified atom stereocenters. The van der Waals surface area contributed by atoms with Crippen molar-refractivity contribution in [3.63, 3.8) is 0 Å². The second kappa shape index (κ2) is 6.28. The van der Waals surface area contributed by atoms with E-state index in [-0.39, 0.29) is 10.7 Å². The molecule has 0 saturated carbocycles. The third-order valence-corrected chi connectivity index (χ3v) is 4.17. The summed E-state index contributed by atoms with van der Waals surface area (Å²) in [5, 5.41) is 0.739. The number of carbonyl (C=O) groups is 1. The molecule has 0 aliphatic heterocycles. The molecule has 0 spiro atoms. The number of halogens is 1. The Balaban J connectivity index is 2.91. The molecule has 1 aromatic rings. The molecule has 1 rings (SSSR count). The Hall–Kier alpha value is -0.720. The van der Waals surface area contributed by atoms with Gasteiger partial charge in [-0.25, -0.2) is 13.1 Å². The quantitative estimate of drug-likeness (QED) is 0.495. The predicted molar refractivity (Wildman–Crippen MR) is 70.0 cm³/mol. The van der Waals surface area contributed by atoms with Crippen LogP contribution < -0.4 is 4.72 Å². The van der Waals surface area contributed by atoms with Gasteiger partial charge in [0, 0.05) is 17.4 Å². The van der Waals surface area contributed by atoms with Crippen LogP contribution in [-0.4, -0.2) is 26.1 Å². The first-order valence-electron chi connectivity index (χ1n) is 5.14. The topological polar surface area (TPSA) is 63.2 Å². The van der Waals surface area contributed by atoms with Gasteiger partial charge in [-0.05, 0) is 25.5 Å². The van der Waals surface area contributed by atoms with E-state index in [1.165, 1.54) is 19.1 Å². The Labute approximate surface area is 110 Å². The first-order chi connectivity index (χ1) is 7.97. The van der Waals surface area contributed by atoms with Crippen LogP contribution in [0, 0.1) is 0 Å². The molecule has 1 N–H and O–H groups in total. The van der Waals surface area contributed by atoms with E-state index in [1.54, 1.807) is 12.1 Å². The maximum atomic E-state index is 11.8. The van der Waals surface area contributed by atoms with Crippen LogP contribution in [0.1, 0.15) is 23.7 Å². The van der Waals surface area contributed by atoms with Gasteiger partial charge in [0.05, 0.1) is 4.90 Å². The van der Waals surface area contributed by atoms with E-state index in [9.17, 15) is 13.2 Å². The lowest BCUT2D eigenvalue weighted by atomic mass is 10.2. The van der Waals surface area contributed by atoms with E-state index in [0.29, 0.717) is 18.5 Å². The highest BCUT2D eigenvalue weighted by Crippen LogP contribution is 2.11. The van der Waals surface area contributed by atoms with E-state index in [2.05, 4.69) is 20.7 Å². The minimum Gasteiger partial charge on any atom is -0.295 e. The lowest BCUT2D eigenvalue weighted by Gasteiger charge is -2.06. The van der Waals surface area contributed by atoms with E-state index >= 15 is 0 Å². The fourth-order valence-corrected chi connectivity index (χ4v) is 2.64. The molecule has 17 heavy (non-hydrogen) atoms. The molecule has 0 heterocycles. The van der Waals surface area contributed by atoms with Crippen molar-refractivity contribution in [2.24, 2.45) is 0 Å². The predicted octanol–water partition coefficient (Wildman–Crippen LogP) is 1.95. The van der Waals surface area contributed by atoms with Crippen LogP contribution >= 0.6 is 15.9 Å². The summed E-state index contributed by atoms with van der Waals surface area (Å²) < 4.78 is 26.2. The average Bonchev–Trinajstić information content (AvgIpc) is 2.29. The van der Waals surface area contributed by atoms with Crippen LogP contribution in [0.2, 0.25) is 0 Å². The molecule has 0 bridgehead atoms. The zero-order valence-electron chi connectivity index (χ0n) is 9.44. The number of alkyl halides is 1. The standard InChI is InChI=1S/C11H14BrNO3S/c1-9(14)10-4-2-5-11(8-10)17(15,16)13-7-3-6-12/h2,4-5,8,13H,3,6-7H2,1H3. The van der Waals surface area contributed by atoms with Gasteiger partial charge in [0.15, 0.2) is 5.78 Å². The van der Waals surface area contributed by atoms with Crippen LogP contribution in [0.3, 0.4) is 0 Å². The first kappa shape index (κ1) is 14.3. The molecule has 0 amide bonds. The number of sulfonamides is 1. The largest absolute Gasteiger partial charge is 0.295 e. The number of hydrogen-bond donors (Lipinski definition) is 1. The van der Waals surface area contributed by atoms with Crippen molar-refractivity contribution in [1.29, 1.82) is 0 Å². The summed E-state index contributed by atoms with van der Waals surface area (Å²) >= 11 is 3.22. The van der Waals surface area contributed by atoms with Gasteiger partial charge in [-0.2, -0.15) is 0 Å². The summed E-state index contributed by atoms with van der Waals surface area (Å²) in [6.07, 6.45) is 0.714. The molecule has 6 heteroatoms. The van der Waals surface area contributed by atoms with E-state index in [1.807, 2.05) is 0 Å². The Morgan fingerprint density at radius 3 is 2.71 bits per heavy atom. The summed E-state index contributed by atoms with van der Waals surface area (Å²) in [7, 11) is -3.51. The van der Waals surface area contributed by atoms with Crippen molar-refractivity contribution in [3.05, 3.63) is 29.8 Å². The summed E-state index contributed by atoms with van der Waals surface area (Å²) in [5.41, 5.74) is 0.397. The lowest BCUT2D eigenvalue weighted by Crippen LogP contribution is -2.25. The van der Waals surface area contributed by atoms with Gasteiger partial charge >= 0.3 is 0 Å². The van der Waals surface area contributed by atoms with E-state index in [0.717, 1.165) is 5.33 Å². The molecule has 0 radical (unpaired) electrons. The SMILES string of the molecule is CC(=O)c1cccc(S(=O)(=O)NCCCBr)c1. The minimum atomic E-state index is -3.51. The van der Waals surface area contributed by atoms with Gasteiger partial charge in [0.1, 0.15) is 0 Å². The molecule has 4 nitrogen and oxygen atoms in total. The zero-order chi connectivity index (χ0) is 12.9. The second-order valence-electron chi connectivity index (χ2n) is 3.52. The maximum Gasteiger partial charge on any atom is 0.240 e. The maximum absolute atomic E-state index is 11.8. The highest BCUT2D eigenvalue weighted by Gasteiger charge is 2.14. The number of Topliss-reactive ketones (excluding diaryl/α,β-unsaturated/α-hetero) is 1. The van der Waals surface area contributed by atoms with Crippen molar-refractivity contribution >= 4 is 31.7 Å². The summed E-state index contributed by atoms with van der Waals surface area (Å²) in [5.74, 6) is -0.150. The molecule has 0 aliphatic carbocycles. The number of nitrogens with one attached hydrogen (secondary N) is 1. The normalized spacial score (nSPS) is 11.4. The highest BCUT2D eigenvalue weighted by atomic mass is 79.9. The molecular weight excluding hydrogens is 306 g/mol. The monoisotopic (exact) mass is 319 g/mol. The van der Waals surface area contributed by atoms with Crippen LogP contribution in [0.5, 0.6) is 0 Å². The molecule has 0 aromatic heterocycles. The van der Waals surface area contributed by atoms with E-state index < -0.39 is 10.0 Å². The highest BCUT2D eigenvalue weighted by molar-refractivity contribution is 9.09. The molecule has 94 valence electrons. The minimum absolute atomic E-state index is 0.125. The molecule has 0 saturated heterocycles. The molecule has 1 aromatic carbocycles. The number of hydrogen-bond acceptors (Lipinski definition) is 3. The van der Waals surface area contributed by atoms with Crippen LogP contribution in [0.15, 0.2) is 29.2 Å². The smallest absolute Gasteiger partial charge is 0.240 e. The average molecular weight is 320 g/mol. The van der Waals surface area contributed by atoms with Crippen molar-refractivity contribution in [2.45, 2.75) is 18.2 Å². The Bertz CT molecular complexity index is 499. The van der Waals surface area contributed by atoms with Gasteiger partial charge < -0.3 is 0 Å². The van der Waals surface area contributed by atoms with Crippen LogP contribution in [-0.2, 0) is 10.0 Å². The third-order valence-electron chi connectivity index (χ3n) is 2.15. The van der Waals surface area contributed by atoms with Crippen LogP contribution in [0.25, 0.3) is 0 Å². The Morgan fingerprint density at radius 2 is 2.12 bits per heavy atom. The third kappa shape index (κ3) is 4.22.